The lowest BCUT2D eigenvalue weighted by Gasteiger charge is -2.05. The first-order valence-corrected chi connectivity index (χ1v) is 14.7. The smallest absolute Gasteiger partial charge is 0.104 e. The molecule has 2 aliphatic rings. The lowest BCUT2D eigenvalue weighted by Crippen LogP contribution is -2.19. The molecule has 0 radical (unpaired) electrons. The molecule has 1 N–H and O–H groups in total. The third-order valence-corrected chi connectivity index (χ3v) is 5.99. The second-order valence-electron chi connectivity index (χ2n) is 9.85. The molecular formula is C37H48O7. The molecule has 7 nitrogen and oxygen atoms in total. The van der Waals surface area contributed by atoms with E-state index in [2.05, 4.69) is 107 Å². The maximum absolute atomic E-state index is 8.80. The lowest BCUT2D eigenvalue weighted by molar-refractivity contribution is 0.00980. The van der Waals surface area contributed by atoms with Gasteiger partial charge in [0.2, 0.25) is 0 Å². The molecule has 4 aromatic carbocycles. The largest absolute Gasteiger partial charge is 0.388 e. The van der Waals surface area contributed by atoms with Gasteiger partial charge in [-0.3, -0.25) is 0 Å². The van der Waals surface area contributed by atoms with Gasteiger partial charge in [0.25, 0.3) is 0 Å². The normalized spacial score (nSPS) is 15.5. The molecule has 0 aromatic heterocycles. The van der Waals surface area contributed by atoms with Crippen molar-refractivity contribution in [3.05, 3.63) is 121 Å². The molecular weight excluding hydrogens is 556 g/mol. The Balaban J connectivity index is 0.000000198. The first-order valence-electron chi connectivity index (χ1n) is 14.7. The monoisotopic (exact) mass is 604 g/mol. The van der Waals surface area contributed by atoms with Crippen LogP contribution in [0.25, 0.3) is 22.3 Å². The van der Waals surface area contributed by atoms with Gasteiger partial charge in [0.15, 0.2) is 0 Å². The van der Waals surface area contributed by atoms with Crippen LogP contribution in [0.2, 0.25) is 0 Å². The van der Waals surface area contributed by atoms with Crippen molar-refractivity contribution in [2.45, 2.75) is 18.3 Å². The van der Waals surface area contributed by atoms with Crippen LogP contribution in [0.3, 0.4) is 0 Å². The van der Waals surface area contributed by atoms with E-state index in [1.54, 1.807) is 28.4 Å². The molecule has 0 spiro atoms. The van der Waals surface area contributed by atoms with E-state index in [0.29, 0.717) is 25.4 Å². The molecule has 2 atom stereocenters. The number of aliphatic hydroxyl groups excluding tert-OH is 1. The summed E-state index contributed by atoms with van der Waals surface area (Å²) in [5.74, 6) is 0. The summed E-state index contributed by atoms with van der Waals surface area (Å²) in [6.07, 6.45) is 0.370. The van der Waals surface area contributed by atoms with E-state index < -0.39 is 6.10 Å². The zero-order chi connectivity index (χ0) is 31.7. The Morgan fingerprint density at radius 2 is 0.750 bits per heavy atom. The van der Waals surface area contributed by atoms with Crippen molar-refractivity contribution in [1.29, 1.82) is 0 Å². The minimum atomic E-state index is -0.481. The number of ether oxygens (including phenoxy) is 6. The Morgan fingerprint density at radius 1 is 0.500 bits per heavy atom. The molecule has 0 aliphatic carbocycles. The molecule has 0 bridgehead atoms. The average Bonchev–Trinajstić information content (AvgIpc) is 4.03. The van der Waals surface area contributed by atoms with Gasteiger partial charge in [-0.15, -0.1) is 0 Å². The highest BCUT2D eigenvalue weighted by Gasteiger charge is 2.21. The number of methoxy groups -OCH3 is 4. The van der Waals surface area contributed by atoms with E-state index in [0.717, 1.165) is 26.4 Å². The van der Waals surface area contributed by atoms with Crippen LogP contribution < -0.4 is 0 Å². The van der Waals surface area contributed by atoms with Crippen LogP contribution in [0.5, 0.6) is 0 Å². The summed E-state index contributed by atoms with van der Waals surface area (Å²) in [4.78, 5) is 0. The van der Waals surface area contributed by atoms with Crippen molar-refractivity contribution in [2.75, 3.05) is 68.1 Å². The Labute approximate surface area is 263 Å². The van der Waals surface area contributed by atoms with Crippen LogP contribution in [0.4, 0.5) is 0 Å². The summed E-state index contributed by atoms with van der Waals surface area (Å²) < 4.78 is 28.4. The fourth-order valence-corrected chi connectivity index (χ4v) is 3.66. The van der Waals surface area contributed by atoms with Crippen LogP contribution >= 0.6 is 0 Å². The maximum atomic E-state index is 8.80. The van der Waals surface area contributed by atoms with Crippen LogP contribution in [0, 0.1) is 0 Å². The van der Waals surface area contributed by atoms with Gasteiger partial charge in [0, 0.05) is 28.4 Å². The molecule has 0 saturated carbocycles. The molecule has 6 rings (SSSR count). The van der Waals surface area contributed by atoms with Crippen LogP contribution in [-0.2, 0) is 28.4 Å². The number of hydrogen-bond donors (Lipinski definition) is 1. The Morgan fingerprint density at radius 3 is 0.909 bits per heavy atom. The molecule has 238 valence electrons. The van der Waals surface area contributed by atoms with Gasteiger partial charge >= 0.3 is 0 Å². The first-order chi connectivity index (χ1) is 21.6. The summed E-state index contributed by atoms with van der Waals surface area (Å²) in [5.41, 5.74) is 5.10. The Bertz CT molecular complexity index is 1000. The molecule has 4 aromatic rings. The molecule has 2 heterocycles. The average molecular weight is 605 g/mol. The quantitative estimate of drug-likeness (QED) is 0.210. The van der Waals surface area contributed by atoms with E-state index in [-0.39, 0.29) is 0 Å². The van der Waals surface area contributed by atoms with Gasteiger partial charge in [0.05, 0.1) is 39.6 Å². The highest BCUT2D eigenvalue weighted by molar-refractivity contribution is 5.63. The van der Waals surface area contributed by atoms with Crippen LogP contribution in [0.15, 0.2) is 121 Å². The van der Waals surface area contributed by atoms with Crippen molar-refractivity contribution in [2.24, 2.45) is 0 Å². The van der Waals surface area contributed by atoms with Gasteiger partial charge in [-0.2, -0.15) is 0 Å². The van der Waals surface area contributed by atoms with E-state index in [1.165, 1.54) is 22.3 Å². The second-order valence-corrected chi connectivity index (χ2v) is 9.85. The topological polar surface area (TPSA) is 82.2 Å². The van der Waals surface area contributed by atoms with E-state index in [9.17, 15) is 0 Å². The zero-order valence-corrected chi connectivity index (χ0v) is 26.4. The van der Waals surface area contributed by atoms with Crippen LogP contribution in [0.1, 0.15) is 0 Å². The SMILES string of the molecule is COCC(O)COC.COCC1CO1.COCC1CO1.c1ccc(-c2ccccc2)cc1.c1ccc(-c2ccccc2)cc1. The fourth-order valence-electron chi connectivity index (χ4n) is 3.66. The van der Waals surface area contributed by atoms with Gasteiger partial charge < -0.3 is 33.5 Å². The number of epoxide rings is 2. The molecule has 44 heavy (non-hydrogen) atoms. The number of rotatable bonds is 10. The van der Waals surface area contributed by atoms with E-state index >= 15 is 0 Å². The Kier molecular flexibility index (Phi) is 20.1. The summed E-state index contributed by atoms with van der Waals surface area (Å²) >= 11 is 0. The van der Waals surface area contributed by atoms with Gasteiger partial charge in [-0.05, 0) is 22.3 Å². The molecule has 2 unspecified atom stereocenters. The minimum Gasteiger partial charge on any atom is -0.388 e. The fraction of sp³-hybridized carbons (Fsp3) is 0.351. The highest BCUT2D eigenvalue weighted by Crippen LogP contribution is 2.18. The number of hydrogen-bond acceptors (Lipinski definition) is 7. The predicted molar refractivity (Wildman–Crippen MR) is 177 cm³/mol. The third kappa shape index (κ3) is 18.3. The Hall–Kier alpha value is -3.40. The number of aliphatic hydroxyl groups is 1. The summed E-state index contributed by atoms with van der Waals surface area (Å²) in [6, 6.07) is 41.6. The standard InChI is InChI=1S/2C12H10.C5H12O3.2C4H8O2/c2*1-3-7-11(8-4-1)12-9-5-2-6-10-12;1-7-3-5(6)4-8-2;2*1-5-2-4-3-6-4/h2*1-10H;5-6H,3-4H2,1-2H3;2*4H,2-3H2,1H3. The lowest BCUT2D eigenvalue weighted by atomic mass is 10.1. The predicted octanol–water partition coefficient (Wildman–Crippen LogP) is 6.41. The third-order valence-electron chi connectivity index (χ3n) is 5.99. The minimum absolute atomic E-state index is 0.341. The molecule has 2 saturated heterocycles. The van der Waals surface area contributed by atoms with Gasteiger partial charge in [0.1, 0.15) is 18.3 Å². The van der Waals surface area contributed by atoms with Gasteiger partial charge in [-0.1, -0.05) is 121 Å². The van der Waals surface area contributed by atoms with Gasteiger partial charge in [-0.25, -0.2) is 0 Å². The van der Waals surface area contributed by atoms with Crippen molar-refractivity contribution in [3.8, 4) is 22.3 Å². The molecule has 2 aliphatic heterocycles. The first kappa shape index (κ1) is 36.8. The number of benzene rings is 4. The van der Waals surface area contributed by atoms with E-state index in [4.69, 9.17) is 24.1 Å². The van der Waals surface area contributed by atoms with Crippen LogP contribution in [-0.4, -0.2) is 91.5 Å². The zero-order valence-electron chi connectivity index (χ0n) is 26.4. The van der Waals surface area contributed by atoms with E-state index in [1.807, 2.05) is 24.3 Å². The summed E-state index contributed by atoms with van der Waals surface area (Å²) in [5, 5.41) is 8.80. The summed E-state index contributed by atoms with van der Waals surface area (Å²) in [7, 11) is 6.45. The molecule has 2 fully saturated rings. The highest BCUT2D eigenvalue weighted by atomic mass is 16.6. The molecule has 0 amide bonds. The van der Waals surface area contributed by atoms with Crippen molar-refractivity contribution in [3.63, 3.8) is 0 Å². The second kappa shape index (κ2) is 24.0. The molecule has 7 heteroatoms. The van der Waals surface area contributed by atoms with Crippen molar-refractivity contribution < 1.29 is 33.5 Å². The van der Waals surface area contributed by atoms with Crippen molar-refractivity contribution in [1.82, 2.24) is 0 Å². The van der Waals surface area contributed by atoms with Crippen molar-refractivity contribution >= 4 is 0 Å². The maximum Gasteiger partial charge on any atom is 0.104 e. The summed E-state index contributed by atoms with van der Waals surface area (Å²) in [6.45, 7) is 4.00.